The number of halogens is 1. The van der Waals surface area contributed by atoms with Crippen LogP contribution in [0, 0.1) is 0 Å². The topological polar surface area (TPSA) is 51.1 Å². The molecule has 0 aliphatic heterocycles. The molecular weight excluding hydrogens is 320 g/mol. The summed E-state index contributed by atoms with van der Waals surface area (Å²) in [5.74, 6) is -0.384. The standard InChI is InChI=1S/C15H15BrN2O2/c1-10(11-6-4-3-5-7-11)18-9-12(16)8-13(15(18)20)14(19)17-2/h3-10H,1-2H3,(H,17,19)/t10-/m1/s1. The Bertz CT molecular complexity index is 680. The fourth-order valence-corrected chi connectivity index (χ4v) is 2.49. The summed E-state index contributed by atoms with van der Waals surface area (Å²) in [7, 11) is 1.51. The van der Waals surface area contributed by atoms with Crippen molar-refractivity contribution >= 4 is 21.8 Å². The fraction of sp³-hybridized carbons (Fsp3) is 0.200. The van der Waals surface area contributed by atoms with Gasteiger partial charge in [-0.2, -0.15) is 0 Å². The molecule has 1 amide bonds. The normalized spacial score (nSPS) is 11.9. The lowest BCUT2D eigenvalue weighted by Gasteiger charge is -2.17. The molecule has 0 aliphatic rings. The Balaban J connectivity index is 2.55. The molecule has 1 heterocycles. The van der Waals surface area contributed by atoms with Crippen LogP contribution in [-0.2, 0) is 0 Å². The molecule has 1 N–H and O–H groups in total. The number of pyridine rings is 1. The van der Waals surface area contributed by atoms with Crippen LogP contribution in [0.5, 0.6) is 0 Å². The molecule has 0 saturated heterocycles. The lowest BCUT2D eigenvalue weighted by Crippen LogP contribution is -2.32. The molecule has 104 valence electrons. The second kappa shape index (κ2) is 6.05. The van der Waals surface area contributed by atoms with Crippen molar-refractivity contribution in [1.82, 2.24) is 9.88 Å². The summed E-state index contributed by atoms with van der Waals surface area (Å²) in [5, 5.41) is 2.48. The third-order valence-electron chi connectivity index (χ3n) is 3.18. The van der Waals surface area contributed by atoms with Crippen molar-refractivity contribution in [2.45, 2.75) is 13.0 Å². The van der Waals surface area contributed by atoms with E-state index in [0.717, 1.165) is 5.56 Å². The van der Waals surface area contributed by atoms with Crippen molar-refractivity contribution in [3.63, 3.8) is 0 Å². The third-order valence-corrected chi connectivity index (χ3v) is 3.61. The van der Waals surface area contributed by atoms with Gasteiger partial charge in [0.25, 0.3) is 11.5 Å². The SMILES string of the molecule is CNC(=O)c1cc(Br)cn([C@H](C)c2ccccc2)c1=O. The first-order valence-corrected chi connectivity index (χ1v) is 7.02. The summed E-state index contributed by atoms with van der Waals surface area (Å²) in [6.07, 6.45) is 1.70. The van der Waals surface area contributed by atoms with Gasteiger partial charge in [-0.3, -0.25) is 9.59 Å². The Morgan fingerprint density at radius 2 is 1.95 bits per heavy atom. The maximum Gasteiger partial charge on any atom is 0.264 e. The van der Waals surface area contributed by atoms with Gasteiger partial charge in [-0.05, 0) is 34.5 Å². The van der Waals surface area contributed by atoms with Crippen molar-refractivity contribution in [3.8, 4) is 0 Å². The molecule has 0 unspecified atom stereocenters. The number of nitrogens with one attached hydrogen (secondary N) is 1. The quantitative estimate of drug-likeness (QED) is 0.937. The highest BCUT2D eigenvalue weighted by Gasteiger charge is 2.16. The lowest BCUT2D eigenvalue weighted by molar-refractivity contribution is 0.0961. The maximum atomic E-state index is 12.4. The zero-order chi connectivity index (χ0) is 14.7. The Morgan fingerprint density at radius 3 is 2.55 bits per heavy atom. The molecule has 5 heteroatoms. The number of rotatable bonds is 3. The molecule has 2 aromatic rings. The van der Waals surface area contributed by atoms with E-state index in [1.165, 1.54) is 13.1 Å². The van der Waals surface area contributed by atoms with Gasteiger partial charge in [0.1, 0.15) is 5.56 Å². The van der Waals surface area contributed by atoms with Crippen LogP contribution >= 0.6 is 15.9 Å². The van der Waals surface area contributed by atoms with Crippen LogP contribution in [0.2, 0.25) is 0 Å². The lowest BCUT2D eigenvalue weighted by atomic mass is 10.1. The van der Waals surface area contributed by atoms with E-state index in [0.29, 0.717) is 4.47 Å². The van der Waals surface area contributed by atoms with Crippen LogP contribution in [0.15, 0.2) is 51.9 Å². The molecule has 1 atom stereocenters. The van der Waals surface area contributed by atoms with Gasteiger partial charge in [-0.25, -0.2) is 0 Å². The molecule has 0 radical (unpaired) electrons. The van der Waals surface area contributed by atoms with Gasteiger partial charge in [0, 0.05) is 17.7 Å². The van der Waals surface area contributed by atoms with E-state index in [1.54, 1.807) is 10.8 Å². The molecule has 0 aliphatic carbocycles. The molecule has 0 spiro atoms. The molecular formula is C15H15BrN2O2. The number of carbonyl (C=O) groups is 1. The summed E-state index contributed by atoms with van der Waals surface area (Å²) >= 11 is 3.35. The number of hydrogen-bond acceptors (Lipinski definition) is 2. The Hall–Kier alpha value is -1.88. The van der Waals surface area contributed by atoms with Gasteiger partial charge in [0.15, 0.2) is 0 Å². The van der Waals surface area contributed by atoms with E-state index >= 15 is 0 Å². The molecule has 0 fully saturated rings. The summed E-state index contributed by atoms with van der Waals surface area (Å²) in [4.78, 5) is 24.2. The molecule has 20 heavy (non-hydrogen) atoms. The van der Waals surface area contributed by atoms with Crippen LogP contribution in [0.4, 0.5) is 0 Å². The number of hydrogen-bond donors (Lipinski definition) is 1. The van der Waals surface area contributed by atoms with Gasteiger partial charge >= 0.3 is 0 Å². The van der Waals surface area contributed by atoms with Crippen LogP contribution in [0.1, 0.15) is 28.9 Å². The number of amides is 1. The highest BCUT2D eigenvalue weighted by molar-refractivity contribution is 9.10. The second-order valence-corrected chi connectivity index (χ2v) is 5.37. The van der Waals surface area contributed by atoms with Crippen LogP contribution in [-0.4, -0.2) is 17.5 Å². The van der Waals surface area contributed by atoms with Crippen molar-refractivity contribution in [3.05, 3.63) is 68.5 Å². The third kappa shape index (κ3) is 2.82. The van der Waals surface area contributed by atoms with Gasteiger partial charge in [0.05, 0.1) is 6.04 Å². The van der Waals surface area contributed by atoms with Crippen molar-refractivity contribution in [1.29, 1.82) is 0 Å². The monoisotopic (exact) mass is 334 g/mol. The fourth-order valence-electron chi connectivity index (χ4n) is 2.04. The van der Waals surface area contributed by atoms with Gasteiger partial charge in [-0.1, -0.05) is 30.3 Å². The summed E-state index contributed by atoms with van der Waals surface area (Å²) in [6.45, 7) is 1.93. The minimum atomic E-state index is -0.384. The minimum Gasteiger partial charge on any atom is -0.355 e. The molecule has 1 aromatic carbocycles. The number of nitrogens with zero attached hydrogens (tertiary/aromatic N) is 1. The summed E-state index contributed by atoms with van der Waals surface area (Å²) < 4.78 is 2.25. The largest absolute Gasteiger partial charge is 0.355 e. The zero-order valence-corrected chi connectivity index (χ0v) is 12.8. The molecule has 4 nitrogen and oxygen atoms in total. The summed E-state index contributed by atoms with van der Waals surface area (Å²) in [6, 6.07) is 11.1. The van der Waals surface area contributed by atoms with Crippen molar-refractivity contribution in [2.75, 3.05) is 7.05 Å². The van der Waals surface area contributed by atoms with E-state index in [2.05, 4.69) is 21.2 Å². The van der Waals surface area contributed by atoms with Gasteiger partial charge < -0.3 is 9.88 Å². The van der Waals surface area contributed by atoms with E-state index in [9.17, 15) is 9.59 Å². The average Bonchev–Trinajstić information content (AvgIpc) is 2.48. The number of aromatic nitrogens is 1. The Labute approximate surface area is 125 Å². The molecule has 0 saturated carbocycles. The first kappa shape index (κ1) is 14.5. The molecule has 0 bridgehead atoms. The highest BCUT2D eigenvalue weighted by atomic mass is 79.9. The van der Waals surface area contributed by atoms with Crippen molar-refractivity contribution < 1.29 is 4.79 Å². The smallest absolute Gasteiger partial charge is 0.264 e. The van der Waals surface area contributed by atoms with E-state index < -0.39 is 0 Å². The van der Waals surface area contributed by atoms with E-state index in [1.807, 2.05) is 37.3 Å². The van der Waals surface area contributed by atoms with Crippen molar-refractivity contribution in [2.24, 2.45) is 0 Å². The first-order valence-electron chi connectivity index (χ1n) is 6.23. The Morgan fingerprint density at radius 1 is 1.30 bits per heavy atom. The van der Waals surface area contributed by atoms with Crippen LogP contribution in [0.3, 0.4) is 0 Å². The van der Waals surface area contributed by atoms with Crippen LogP contribution < -0.4 is 10.9 Å². The first-order chi connectivity index (χ1) is 9.54. The average molecular weight is 335 g/mol. The van der Waals surface area contributed by atoms with Gasteiger partial charge in [0.2, 0.25) is 0 Å². The van der Waals surface area contributed by atoms with E-state index in [-0.39, 0.29) is 23.1 Å². The van der Waals surface area contributed by atoms with Gasteiger partial charge in [-0.15, -0.1) is 0 Å². The predicted octanol–water partition coefficient (Wildman–Crippen LogP) is 2.58. The number of carbonyl (C=O) groups excluding carboxylic acids is 1. The highest BCUT2D eigenvalue weighted by Crippen LogP contribution is 2.18. The predicted molar refractivity (Wildman–Crippen MR) is 82.0 cm³/mol. The Kier molecular flexibility index (Phi) is 4.39. The second-order valence-electron chi connectivity index (χ2n) is 4.45. The zero-order valence-electron chi connectivity index (χ0n) is 11.3. The maximum absolute atomic E-state index is 12.4. The number of benzene rings is 1. The van der Waals surface area contributed by atoms with Crippen LogP contribution in [0.25, 0.3) is 0 Å². The minimum absolute atomic E-state index is 0.129. The summed E-state index contributed by atoms with van der Waals surface area (Å²) in [5.41, 5.74) is 0.837. The molecule has 1 aromatic heterocycles. The van der Waals surface area contributed by atoms with E-state index in [4.69, 9.17) is 0 Å². The molecule has 2 rings (SSSR count).